The Balaban J connectivity index is 1.81. The van der Waals surface area contributed by atoms with Crippen LogP contribution in [0, 0.1) is 0 Å². The van der Waals surface area contributed by atoms with Crippen molar-refractivity contribution in [1.82, 2.24) is 9.88 Å². The molecule has 2 aliphatic rings. The number of amides is 1. The number of ether oxygens (including phenoxy) is 1. The summed E-state index contributed by atoms with van der Waals surface area (Å²) in [5.41, 5.74) is 0.766. The highest BCUT2D eigenvalue weighted by Gasteiger charge is 2.32. The summed E-state index contributed by atoms with van der Waals surface area (Å²) in [5.74, 6) is 0.729. The van der Waals surface area contributed by atoms with Gasteiger partial charge in [-0.25, -0.2) is 9.78 Å². The quantitative estimate of drug-likeness (QED) is 0.598. The van der Waals surface area contributed by atoms with E-state index in [2.05, 4.69) is 17.9 Å². The standard InChI is InChI=1S/C24H39N3O2/c1-5-16-26-17-10-9-13-21(26)19-14-15-22(25-18-19)27(20-11-7-6-8-12-20)23(28)29-24(2,3)4/h14-15,18,20-21H,5-13,16-17H2,1-4H3/t21-/m1/s1. The molecule has 0 radical (unpaired) electrons. The van der Waals surface area contributed by atoms with Gasteiger partial charge in [-0.1, -0.05) is 38.7 Å². The van der Waals surface area contributed by atoms with E-state index in [0.29, 0.717) is 6.04 Å². The van der Waals surface area contributed by atoms with Crippen LogP contribution in [0.3, 0.4) is 0 Å². The fourth-order valence-corrected chi connectivity index (χ4v) is 4.74. The smallest absolute Gasteiger partial charge is 0.416 e. The molecule has 0 unspecified atom stereocenters. The molecule has 1 aromatic rings. The molecule has 2 heterocycles. The van der Waals surface area contributed by atoms with Crippen LogP contribution in [0.1, 0.15) is 97.1 Å². The first-order valence-corrected chi connectivity index (χ1v) is 11.6. The van der Waals surface area contributed by atoms with E-state index < -0.39 is 5.60 Å². The summed E-state index contributed by atoms with van der Waals surface area (Å²) in [5, 5.41) is 0. The lowest BCUT2D eigenvalue weighted by molar-refractivity contribution is 0.0556. The van der Waals surface area contributed by atoms with Crippen molar-refractivity contribution in [2.75, 3.05) is 18.0 Å². The van der Waals surface area contributed by atoms with Crippen molar-refractivity contribution in [1.29, 1.82) is 0 Å². The van der Waals surface area contributed by atoms with Gasteiger partial charge in [0.05, 0.1) is 0 Å². The van der Waals surface area contributed by atoms with Gasteiger partial charge >= 0.3 is 6.09 Å². The number of likely N-dealkylation sites (tertiary alicyclic amines) is 1. The zero-order valence-corrected chi connectivity index (χ0v) is 18.8. The van der Waals surface area contributed by atoms with Gasteiger partial charge < -0.3 is 4.74 Å². The zero-order valence-electron chi connectivity index (χ0n) is 18.8. The maximum Gasteiger partial charge on any atom is 0.416 e. The van der Waals surface area contributed by atoms with Crippen LogP contribution in [0.4, 0.5) is 10.6 Å². The first-order valence-electron chi connectivity index (χ1n) is 11.6. The monoisotopic (exact) mass is 401 g/mol. The SMILES string of the molecule is CCCN1CCCC[C@@H]1c1ccc(N(C(=O)OC(C)(C)C)C2CCCCC2)nc1. The van der Waals surface area contributed by atoms with E-state index in [9.17, 15) is 4.79 Å². The predicted molar refractivity (Wildman–Crippen MR) is 118 cm³/mol. The Morgan fingerprint density at radius 1 is 1.14 bits per heavy atom. The van der Waals surface area contributed by atoms with Crippen molar-refractivity contribution >= 4 is 11.9 Å². The molecule has 162 valence electrons. The molecule has 0 aromatic carbocycles. The molecular weight excluding hydrogens is 362 g/mol. The number of nitrogens with zero attached hydrogens (tertiary/aromatic N) is 3. The van der Waals surface area contributed by atoms with Crippen molar-refractivity contribution in [3.05, 3.63) is 23.9 Å². The van der Waals surface area contributed by atoms with Crippen LogP contribution < -0.4 is 4.90 Å². The molecule has 1 aliphatic carbocycles. The summed E-state index contributed by atoms with van der Waals surface area (Å²) in [6.07, 6.45) is 12.3. The van der Waals surface area contributed by atoms with E-state index in [1.54, 1.807) is 0 Å². The topological polar surface area (TPSA) is 45.7 Å². The first kappa shape index (κ1) is 22.1. The second kappa shape index (κ2) is 9.92. The van der Waals surface area contributed by atoms with Crippen LogP contribution >= 0.6 is 0 Å². The largest absolute Gasteiger partial charge is 0.443 e. The number of hydrogen-bond donors (Lipinski definition) is 0. The molecule has 1 aromatic heterocycles. The fraction of sp³-hybridized carbons (Fsp3) is 0.750. The molecule has 0 N–H and O–H groups in total. The summed E-state index contributed by atoms with van der Waals surface area (Å²) in [6.45, 7) is 10.3. The lowest BCUT2D eigenvalue weighted by Crippen LogP contribution is -2.45. The Labute approximate surface area is 176 Å². The van der Waals surface area contributed by atoms with Crippen LogP contribution in [0.5, 0.6) is 0 Å². The molecule has 0 spiro atoms. The van der Waals surface area contributed by atoms with E-state index in [0.717, 1.165) is 38.0 Å². The normalized spacial score (nSPS) is 21.7. The number of carbonyl (C=O) groups excluding carboxylic acids is 1. The van der Waals surface area contributed by atoms with Gasteiger partial charge in [-0.3, -0.25) is 9.80 Å². The molecule has 0 bridgehead atoms. The van der Waals surface area contributed by atoms with E-state index >= 15 is 0 Å². The Hall–Kier alpha value is -1.62. The fourth-order valence-electron chi connectivity index (χ4n) is 4.74. The lowest BCUT2D eigenvalue weighted by Gasteiger charge is -2.36. The lowest BCUT2D eigenvalue weighted by atomic mass is 9.94. The molecule has 1 saturated heterocycles. The molecule has 5 nitrogen and oxygen atoms in total. The summed E-state index contributed by atoms with van der Waals surface area (Å²) < 4.78 is 5.74. The van der Waals surface area contributed by atoms with Crippen LogP contribution in [0.15, 0.2) is 18.3 Å². The molecule has 1 atom stereocenters. The van der Waals surface area contributed by atoms with Crippen LogP contribution in [0.2, 0.25) is 0 Å². The Morgan fingerprint density at radius 3 is 2.48 bits per heavy atom. The third-order valence-electron chi connectivity index (χ3n) is 6.06. The number of aromatic nitrogens is 1. The Bertz CT molecular complexity index is 645. The predicted octanol–water partition coefficient (Wildman–Crippen LogP) is 6.09. The third-order valence-corrected chi connectivity index (χ3v) is 6.06. The average molecular weight is 402 g/mol. The summed E-state index contributed by atoms with van der Waals surface area (Å²) in [4.78, 5) is 22.2. The zero-order chi connectivity index (χ0) is 20.9. The van der Waals surface area contributed by atoms with E-state index in [1.165, 1.54) is 44.2 Å². The second-order valence-electron chi connectivity index (χ2n) is 9.64. The van der Waals surface area contributed by atoms with Crippen molar-refractivity contribution in [3.63, 3.8) is 0 Å². The van der Waals surface area contributed by atoms with Crippen LogP contribution in [0.25, 0.3) is 0 Å². The van der Waals surface area contributed by atoms with Gasteiger partial charge in [-0.2, -0.15) is 0 Å². The van der Waals surface area contributed by atoms with Gasteiger partial charge in [0, 0.05) is 18.3 Å². The van der Waals surface area contributed by atoms with Crippen LogP contribution in [-0.2, 0) is 4.74 Å². The number of rotatable bonds is 5. The second-order valence-corrected chi connectivity index (χ2v) is 9.64. The molecule has 1 aliphatic heterocycles. The average Bonchev–Trinajstić information content (AvgIpc) is 2.69. The number of carbonyl (C=O) groups is 1. The summed E-state index contributed by atoms with van der Waals surface area (Å²) in [7, 11) is 0. The number of piperidine rings is 1. The highest BCUT2D eigenvalue weighted by atomic mass is 16.6. The summed E-state index contributed by atoms with van der Waals surface area (Å²) >= 11 is 0. The minimum Gasteiger partial charge on any atom is -0.443 e. The molecule has 1 amide bonds. The highest BCUT2D eigenvalue weighted by Crippen LogP contribution is 2.33. The number of anilines is 1. The minimum absolute atomic E-state index is 0.184. The molecule has 29 heavy (non-hydrogen) atoms. The van der Waals surface area contributed by atoms with Crippen molar-refractivity contribution in [2.45, 2.75) is 103 Å². The number of pyridine rings is 1. The highest BCUT2D eigenvalue weighted by molar-refractivity contribution is 5.87. The third kappa shape index (κ3) is 5.94. The van der Waals surface area contributed by atoms with E-state index in [4.69, 9.17) is 9.72 Å². The minimum atomic E-state index is -0.507. The molecule has 5 heteroatoms. The van der Waals surface area contributed by atoms with Crippen molar-refractivity contribution in [2.24, 2.45) is 0 Å². The van der Waals surface area contributed by atoms with Gasteiger partial charge in [0.25, 0.3) is 0 Å². The maximum atomic E-state index is 13.0. The summed E-state index contributed by atoms with van der Waals surface area (Å²) in [6, 6.07) is 4.85. The van der Waals surface area contributed by atoms with Crippen LogP contribution in [-0.4, -0.2) is 40.7 Å². The molecule has 3 rings (SSSR count). The van der Waals surface area contributed by atoms with Gasteiger partial charge in [0.1, 0.15) is 11.4 Å². The maximum absolute atomic E-state index is 13.0. The van der Waals surface area contributed by atoms with Crippen molar-refractivity contribution in [3.8, 4) is 0 Å². The molecular formula is C24H39N3O2. The van der Waals surface area contributed by atoms with Gasteiger partial charge in [0.15, 0.2) is 0 Å². The molecule has 1 saturated carbocycles. The van der Waals surface area contributed by atoms with E-state index in [1.807, 2.05) is 37.9 Å². The molecule has 2 fully saturated rings. The van der Waals surface area contributed by atoms with Gasteiger partial charge in [-0.05, 0) is 77.6 Å². The van der Waals surface area contributed by atoms with Gasteiger partial charge in [-0.15, -0.1) is 0 Å². The Kier molecular flexibility index (Phi) is 7.55. The van der Waals surface area contributed by atoms with Crippen molar-refractivity contribution < 1.29 is 9.53 Å². The van der Waals surface area contributed by atoms with E-state index in [-0.39, 0.29) is 12.1 Å². The first-order chi connectivity index (χ1) is 13.9. The Morgan fingerprint density at radius 2 is 1.86 bits per heavy atom. The number of hydrogen-bond acceptors (Lipinski definition) is 4. The van der Waals surface area contributed by atoms with Gasteiger partial charge in [0.2, 0.25) is 0 Å².